The van der Waals surface area contributed by atoms with E-state index in [0.29, 0.717) is 11.3 Å². The summed E-state index contributed by atoms with van der Waals surface area (Å²) in [7, 11) is 0. The lowest BCUT2D eigenvalue weighted by atomic mass is 10.2. The first-order valence-electron chi connectivity index (χ1n) is 8.01. The third-order valence-electron chi connectivity index (χ3n) is 3.62. The molecule has 6 nitrogen and oxygen atoms in total. The molecule has 2 aromatic carbocycles. The quantitative estimate of drug-likeness (QED) is 0.317. The number of aryl methyl sites for hydroxylation is 1. The lowest BCUT2D eigenvalue weighted by molar-refractivity contribution is 0.0475. The van der Waals surface area contributed by atoms with Gasteiger partial charge in [0.2, 0.25) is 5.76 Å². The zero-order valence-electron chi connectivity index (χ0n) is 14.2. The first-order chi connectivity index (χ1) is 12.6. The van der Waals surface area contributed by atoms with Gasteiger partial charge in [-0.1, -0.05) is 53.7 Å². The van der Waals surface area contributed by atoms with Crippen molar-refractivity contribution in [1.82, 2.24) is 0 Å². The number of hydrogen-bond donors (Lipinski definition) is 1. The lowest BCUT2D eigenvalue weighted by Crippen LogP contribution is -2.15. The molecular weight excluding hydrogens is 332 g/mol. The molecule has 0 aliphatic heterocycles. The number of furan rings is 1. The molecule has 1 heterocycles. The third-order valence-corrected chi connectivity index (χ3v) is 3.62. The minimum absolute atomic E-state index is 0.0259. The van der Waals surface area contributed by atoms with Gasteiger partial charge in [0, 0.05) is 5.56 Å². The number of nitrogens with zero attached hydrogens (tertiary/aromatic N) is 1. The molecule has 6 heteroatoms. The van der Waals surface area contributed by atoms with E-state index in [2.05, 4.69) is 5.16 Å². The van der Waals surface area contributed by atoms with E-state index < -0.39 is 5.97 Å². The fourth-order valence-electron chi connectivity index (χ4n) is 2.23. The van der Waals surface area contributed by atoms with E-state index >= 15 is 0 Å². The van der Waals surface area contributed by atoms with Gasteiger partial charge in [-0.25, -0.2) is 4.79 Å². The van der Waals surface area contributed by atoms with E-state index in [-0.39, 0.29) is 18.2 Å². The molecule has 0 atom stereocenters. The monoisotopic (exact) mass is 350 g/mol. The van der Waals surface area contributed by atoms with Crippen LogP contribution in [0.1, 0.15) is 27.4 Å². The van der Waals surface area contributed by atoms with Crippen LogP contribution in [0.15, 0.2) is 76.3 Å². The highest BCUT2D eigenvalue weighted by Gasteiger charge is 2.14. The van der Waals surface area contributed by atoms with Gasteiger partial charge in [0.15, 0.2) is 5.84 Å². The summed E-state index contributed by atoms with van der Waals surface area (Å²) in [5.41, 5.74) is 7.45. The van der Waals surface area contributed by atoms with Crippen LogP contribution in [0.3, 0.4) is 0 Å². The van der Waals surface area contributed by atoms with Gasteiger partial charge in [0.25, 0.3) is 0 Å². The van der Waals surface area contributed by atoms with Gasteiger partial charge in [-0.05, 0) is 30.7 Å². The van der Waals surface area contributed by atoms with E-state index in [1.807, 2.05) is 49.4 Å². The number of carbonyl (C=O) groups excluding carboxylic acids is 1. The standard InChI is InChI=1S/C20H18N2O4/c1-14-7-5-6-10-17(14)24-13-16-11-12-18(25-16)20(23)26-22-19(21)15-8-3-2-4-9-15/h2-12H,13H2,1H3,(H2,21,22). The van der Waals surface area contributed by atoms with Gasteiger partial charge in [0.05, 0.1) is 0 Å². The summed E-state index contributed by atoms with van der Waals surface area (Å²) in [4.78, 5) is 16.8. The molecule has 0 saturated carbocycles. The Morgan fingerprint density at radius 3 is 2.54 bits per heavy atom. The van der Waals surface area contributed by atoms with Crippen LogP contribution in [0.25, 0.3) is 0 Å². The molecule has 0 fully saturated rings. The number of amidine groups is 1. The average molecular weight is 350 g/mol. The molecular formula is C20H18N2O4. The second kappa shape index (κ2) is 8.02. The normalized spacial score (nSPS) is 11.2. The zero-order chi connectivity index (χ0) is 18.4. The molecule has 1 aromatic heterocycles. The highest BCUT2D eigenvalue weighted by atomic mass is 16.7. The van der Waals surface area contributed by atoms with E-state index in [1.165, 1.54) is 6.07 Å². The van der Waals surface area contributed by atoms with Crippen LogP contribution in [0.4, 0.5) is 0 Å². The van der Waals surface area contributed by atoms with Crippen molar-refractivity contribution in [2.75, 3.05) is 0 Å². The van der Waals surface area contributed by atoms with Crippen LogP contribution in [-0.2, 0) is 11.4 Å². The van der Waals surface area contributed by atoms with Gasteiger partial charge in [0.1, 0.15) is 18.1 Å². The van der Waals surface area contributed by atoms with Gasteiger partial charge < -0.3 is 19.7 Å². The Balaban J connectivity index is 1.59. The molecule has 0 aliphatic rings. The molecule has 0 spiro atoms. The smallest absolute Gasteiger partial charge is 0.400 e. The zero-order valence-corrected chi connectivity index (χ0v) is 14.2. The minimum Gasteiger partial charge on any atom is -0.485 e. The number of ether oxygens (including phenoxy) is 1. The van der Waals surface area contributed by atoms with Crippen LogP contribution in [-0.4, -0.2) is 11.8 Å². The van der Waals surface area contributed by atoms with Crippen LogP contribution < -0.4 is 10.5 Å². The first kappa shape index (κ1) is 17.3. The van der Waals surface area contributed by atoms with Gasteiger partial charge in [-0.15, -0.1) is 0 Å². The maximum atomic E-state index is 12.0. The predicted molar refractivity (Wildman–Crippen MR) is 96.8 cm³/mol. The third kappa shape index (κ3) is 4.30. The van der Waals surface area contributed by atoms with Crippen LogP contribution in [0, 0.1) is 6.92 Å². The molecule has 0 unspecified atom stereocenters. The molecule has 26 heavy (non-hydrogen) atoms. The fraction of sp³-hybridized carbons (Fsp3) is 0.100. The summed E-state index contributed by atoms with van der Waals surface area (Å²) in [6.45, 7) is 2.16. The molecule has 0 amide bonds. The first-order valence-corrected chi connectivity index (χ1v) is 8.01. The molecule has 3 rings (SSSR count). The van der Waals surface area contributed by atoms with Gasteiger partial charge in [-0.3, -0.25) is 0 Å². The molecule has 0 saturated heterocycles. The van der Waals surface area contributed by atoms with Gasteiger partial charge >= 0.3 is 5.97 Å². The topological polar surface area (TPSA) is 87.0 Å². The van der Waals surface area contributed by atoms with Crippen molar-refractivity contribution in [3.8, 4) is 5.75 Å². The van der Waals surface area contributed by atoms with Crippen molar-refractivity contribution in [3.63, 3.8) is 0 Å². The minimum atomic E-state index is -0.731. The van der Waals surface area contributed by atoms with Crippen LogP contribution in [0.2, 0.25) is 0 Å². The summed E-state index contributed by atoms with van der Waals surface area (Å²) < 4.78 is 11.1. The maximum absolute atomic E-state index is 12.0. The van der Waals surface area contributed by atoms with Crippen molar-refractivity contribution in [1.29, 1.82) is 0 Å². The summed E-state index contributed by atoms with van der Waals surface area (Å²) in [5.74, 6) is 0.658. The maximum Gasteiger partial charge on any atom is 0.400 e. The van der Waals surface area contributed by atoms with E-state index in [0.717, 1.165) is 11.3 Å². The second-order valence-electron chi connectivity index (χ2n) is 5.54. The van der Waals surface area contributed by atoms with Crippen LogP contribution >= 0.6 is 0 Å². The molecule has 3 aromatic rings. The van der Waals surface area contributed by atoms with Crippen molar-refractivity contribution in [2.45, 2.75) is 13.5 Å². The Labute approximate surface area is 150 Å². The lowest BCUT2D eigenvalue weighted by Gasteiger charge is -2.06. The summed E-state index contributed by atoms with van der Waals surface area (Å²) in [6, 6.07) is 19.8. The number of rotatable bonds is 6. The molecule has 0 aliphatic carbocycles. The molecule has 2 N–H and O–H groups in total. The van der Waals surface area contributed by atoms with Crippen molar-refractivity contribution in [2.24, 2.45) is 10.9 Å². The van der Waals surface area contributed by atoms with Crippen molar-refractivity contribution in [3.05, 3.63) is 89.4 Å². The number of para-hydroxylation sites is 1. The molecule has 132 valence electrons. The van der Waals surface area contributed by atoms with Crippen molar-refractivity contribution < 1.29 is 18.8 Å². The number of carbonyl (C=O) groups is 1. The van der Waals surface area contributed by atoms with Crippen molar-refractivity contribution >= 4 is 11.8 Å². The summed E-state index contributed by atoms with van der Waals surface area (Å²) in [5, 5.41) is 3.64. The van der Waals surface area contributed by atoms with Crippen LogP contribution in [0.5, 0.6) is 5.75 Å². The predicted octanol–water partition coefficient (Wildman–Crippen LogP) is 3.64. The van der Waals surface area contributed by atoms with Gasteiger partial charge in [-0.2, -0.15) is 0 Å². The Kier molecular flexibility index (Phi) is 5.34. The number of benzene rings is 2. The largest absolute Gasteiger partial charge is 0.485 e. The number of nitrogens with two attached hydrogens (primary N) is 1. The number of oxime groups is 1. The Morgan fingerprint density at radius 1 is 1.04 bits per heavy atom. The number of hydrogen-bond acceptors (Lipinski definition) is 5. The van der Waals surface area contributed by atoms with E-state index in [4.69, 9.17) is 19.7 Å². The SMILES string of the molecule is Cc1ccccc1OCc1ccc(C(=O)O/N=C(\N)c2ccccc2)o1. The highest BCUT2D eigenvalue weighted by Crippen LogP contribution is 2.19. The fourth-order valence-corrected chi connectivity index (χ4v) is 2.23. The second-order valence-corrected chi connectivity index (χ2v) is 5.54. The van der Waals surface area contributed by atoms with E-state index in [9.17, 15) is 4.79 Å². The highest BCUT2D eigenvalue weighted by molar-refractivity contribution is 5.97. The Bertz CT molecular complexity index is 916. The Hall–Kier alpha value is -3.54. The Morgan fingerprint density at radius 2 is 1.77 bits per heavy atom. The van der Waals surface area contributed by atoms with E-state index in [1.54, 1.807) is 18.2 Å². The molecule has 0 radical (unpaired) electrons. The average Bonchev–Trinajstić information content (AvgIpc) is 3.15. The summed E-state index contributed by atoms with van der Waals surface area (Å²) in [6.07, 6.45) is 0. The molecule has 0 bridgehead atoms. The summed E-state index contributed by atoms with van der Waals surface area (Å²) >= 11 is 0.